The van der Waals surface area contributed by atoms with E-state index in [1.165, 1.54) is 19.3 Å². The lowest BCUT2D eigenvalue weighted by atomic mass is 9.65. The first kappa shape index (κ1) is 17.3. The van der Waals surface area contributed by atoms with Crippen molar-refractivity contribution < 1.29 is 4.79 Å². The number of fused-ring (bicyclic) bond motifs is 1. The van der Waals surface area contributed by atoms with Gasteiger partial charge in [-0.05, 0) is 51.8 Å². The van der Waals surface area contributed by atoms with E-state index in [-0.39, 0.29) is 11.3 Å². The van der Waals surface area contributed by atoms with E-state index in [0.29, 0.717) is 18.1 Å². The molecular formula is C21H26N4OS. The van der Waals surface area contributed by atoms with E-state index in [4.69, 9.17) is 0 Å². The fourth-order valence-corrected chi connectivity index (χ4v) is 6.69. The summed E-state index contributed by atoms with van der Waals surface area (Å²) >= 11 is 1.58. The molecule has 3 fully saturated rings. The van der Waals surface area contributed by atoms with Crippen LogP contribution in [0.15, 0.2) is 23.8 Å². The van der Waals surface area contributed by atoms with Crippen molar-refractivity contribution in [3.8, 4) is 10.6 Å². The van der Waals surface area contributed by atoms with E-state index in [1.807, 2.05) is 24.6 Å². The number of rotatable bonds is 2. The topological polar surface area (TPSA) is 49.3 Å². The van der Waals surface area contributed by atoms with Gasteiger partial charge in [-0.25, -0.2) is 4.98 Å². The van der Waals surface area contributed by atoms with Gasteiger partial charge in [-0.1, -0.05) is 6.92 Å². The second-order valence-corrected chi connectivity index (χ2v) is 9.50. The highest BCUT2D eigenvalue weighted by atomic mass is 32.1. The third-order valence-corrected chi connectivity index (χ3v) is 8.20. The summed E-state index contributed by atoms with van der Waals surface area (Å²) in [7, 11) is 2.26. The molecule has 0 unspecified atom stereocenters. The summed E-state index contributed by atoms with van der Waals surface area (Å²) in [5, 5.41) is 0. The summed E-state index contributed by atoms with van der Waals surface area (Å²) in [6, 6.07) is 5.28. The van der Waals surface area contributed by atoms with E-state index >= 15 is 0 Å². The maximum atomic E-state index is 13.5. The van der Waals surface area contributed by atoms with Gasteiger partial charge in [-0.3, -0.25) is 14.7 Å². The predicted molar refractivity (Wildman–Crippen MR) is 107 cm³/mol. The van der Waals surface area contributed by atoms with Crippen molar-refractivity contribution in [3.63, 3.8) is 0 Å². The Bertz CT molecular complexity index is 896. The molecule has 0 spiro atoms. The molecule has 0 N–H and O–H groups in total. The molecule has 1 aliphatic carbocycles. The molecular weight excluding hydrogens is 356 g/mol. The van der Waals surface area contributed by atoms with Gasteiger partial charge >= 0.3 is 0 Å². The molecule has 4 heterocycles. The molecule has 2 aromatic heterocycles. The third-order valence-electron chi connectivity index (χ3n) is 7.25. The average Bonchev–Trinajstić information content (AvgIpc) is 3.20. The normalized spacial score (nSPS) is 32.7. The molecule has 2 aromatic rings. The maximum absolute atomic E-state index is 13.5. The summed E-state index contributed by atoms with van der Waals surface area (Å²) in [6.07, 6.45) is 6.60. The van der Waals surface area contributed by atoms with Crippen LogP contribution >= 0.6 is 11.3 Å². The summed E-state index contributed by atoms with van der Waals surface area (Å²) in [4.78, 5) is 28.1. The molecule has 2 bridgehead atoms. The average molecular weight is 383 g/mol. The molecule has 4 atom stereocenters. The van der Waals surface area contributed by atoms with Crippen LogP contribution in [0, 0.1) is 12.3 Å². The second kappa shape index (κ2) is 6.11. The third kappa shape index (κ3) is 2.49. The molecule has 0 aromatic carbocycles. The summed E-state index contributed by atoms with van der Waals surface area (Å²) in [5.41, 5.74) is 4.64. The Morgan fingerprint density at radius 1 is 1.30 bits per heavy atom. The molecule has 6 heteroatoms. The van der Waals surface area contributed by atoms with Gasteiger partial charge in [0.25, 0.3) is 5.91 Å². The van der Waals surface area contributed by atoms with Crippen LogP contribution in [-0.2, 0) is 0 Å². The number of piperidine rings is 1. The number of pyridine rings is 1. The number of likely N-dealkylation sites (N-methyl/N-ethyl adjacent to an activating group) is 1. The number of aromatic nitrogens is 2. The van der Waals surface area contributed by atoms with E-state index in [1.54, 1.807) is 17.5 Å². The number of aryl methyl sites for hydroxylation is 1. The highest BCUT2D eigenvalue weighted by Gasteiger charge is 2.59. The molecule has 2 aliphatic heterocycles. The molecule has 1 amide bonds. The summed E-state index contributed by atoms with van der Waals surface area (Å²) in [5.74, 6) is 0.165. The zero-order chi connectivity index (χ0) is 18.8. The first-order chi connectivity index (χ1) is 13.0. The number of carbonyl (C=O) groups is 1. The van der Waals surface area contributed by atoms with Crippen LogP contribution in [0.3, 0.4) is 0 Å². The van der Waals surface area contributed by atoms with E-state index in [2.05, 4.69) is 33.7 Å². The van der Waals surface area contributed by atoms with Gasteiger partial charge in [0.15, 0.2) is 0 Å². The lowest BCUT2D eigenvalue weighted by Gasteiger charge is -2.50. The zero-order valence-electron chi connectivity index (χ0n) is 16.2. The van der Waals surface area contributed by atoms with Gasteiger partial charge in [0.2, 0.25) is 0 Å². The number of nitrogens with zero attached hydrogens (tertiary/aromatic N) is 4. The van der Waals surface area contributed by atoms with Crippen molar-refractivity contribution >= 4 is 17.2 Å². The number of thiazole rings is 1. The van der Waals surface area contributed by atoms with Crippen LogP contribution in [0.25, 0.3) is 10.6 Å². The van der Waals surface area contributed by atoms with E-state index in [0.717, 1.165) is 34.8 Å². The van der Waals surface area contributed by atoms with Crippen molar-refractivity contribution in [1.82, 2.24) is 19.8 Å². The van der Waals surface area contributed by atoms with Crippen molar-refractivity contribution in [2.45, 2.75) is 57.7 Å². The van der Waals surface area contributed by atoms with Crippen molar-refractivity contribution in [1.29, 1.82) is 0 Å². The number of amides is 1. The summed E-state index contributed by atoms with van der Waals surface area (Å²) < 4.78 is 0. The largest absolute Gasteiger partial charge is 0.333 e. The summed E-state index contributed by atoms with van der Waals surface area (Å²) in [6.45, 7) is 5.25. The molecule has 0 radical (unpaired) electrons. The standard InChI is InChI=1S/C21H26N4OS/c1-13-19(27-12-23-13)16-9-14(7-8-22-16)20(26)25-11-15-10-21(2)17(24(15)3)5-4-6-18(21)25/h7-9,12,15,17-18H,4-6,10-11H2,1-3H3/t15-,17-,18+,21-/m0/s1. The Hall–Kier alpha value is -1.79. The fourth-order valence-electron chi connectivity index (χ4n) is 5.92. The monoisotopic (exact) mass is 382 g/mol. The Morgan fingerprint density at radius 3 is 2.89 bits per heavy atom. The smallest absolute Gasteiger partial charge is 0.254 e. The molecule has 27 heavy (non-hydrogen) atoms. The lowest BCUT2D eigenvalue weighted by molar-refractivity contribution is 0.0117. The minimum absolute atomic E-state index is 0.165. The molecule has 142 valence electrons. The van der Waals surface area contributed by atoms with Gasteiger partial charge in [0.05, 0.1) is 21.8 Å². The molecule has 5 nitrogen and oxygen atoms in total. The maximum Gasteiger partial charge on any atom is 0.254 e. The zero-order valence-corrected chi connectivity index (χ0v) is 17.0. The molecule has 2 saturated heterocycles. The Morgan fingerprint density at radius 2 is 2.11 bits per heavy atom. The van der Waals surface area contributed by atoms with Crippen molar-refractivity contribution in [2.24, 2.45) is 5.41 Å². The van der Waals surface area contributed by atoms with Gasteiger partial charge < -0.3 is 4.90 Å². The predicted octanol–water partition coefficient (Wildman–Crippen LogP) is 3.60. The molecule has 3 aliphatic rings. The SMILES string of the molecule is Cc1ncsc1-c1cc(C(=O)N2C[C@@H]3C[C@@]4(C)[C@H](CCC[C@@H]24)N3C)ccn1. The highest BCUT2D eigenvalue weighted by Crippen LogP contribution is 2.53. The van der Waals surface area contributed by atoms with Gasteiger partial charge in [-0.2, -0.15) is 0 Å². The minimum Gasteiger partial charge on any atom is -0.333 e. The molecule has 5 rings (SSSR count). The minimum atomic E-state index is 0.165. The van der Waals surface area contributed by atoms with Crippen LogP contribution in [0.5, 0.6) is 0 Å². The Labute approximate surface area is 164 Å². The number of hydrogen-bond donors (Lipinski definition) is 0. The first-order valence-electron chi connectivity index (χ1n) is 9.88. The fraction of sp³-hybridized carbons (Fsp3) is 0.571. The number of carbonyl (C=O) groups excluding carboxylic acids is 1. The van der Waals surface area contributed by atoms with Crippen LogP contribution in [0.4, 0.5) is 0 Å². The Kier molecular flexibility index (Phi) is 3.92. The van der Waals surface area contributed by atoms with Crippen LogP contribution in [0.2, 0.25) is 0 Å². The van der Waals surface area contributed by atoms with Crippen LogP contribution < -0.4 is 0 Å². The number of likely N-dealkylation sites (tertiary alicyclic amines) is 2. The van der Waals surface area contributed by atoms with E-state index < -0.39 is 0 Å². The second-order valence-electron chi connectivity index (χ2n) is 8.65. The quantitative estimate of drug-likeness (QED) is 0.796. The van der Waals surface area contributed by atoms with Gasteiger partial charge in [0.1, 0.15) is 0 Å². The van der Waals surface area contributed by atoms with Gasteiger partial charge in [0, 0.05) is 41.8 Å². The van der Waals surface area contributed by atoms with Crippen molar-refractivity contribution in [2.75, 3.05) is 13.6 Å². The van der Waals surface area contributed by atoms with Crippen LogP contribution in [-0.4, -0.2) is 57.4 Å². The van der Waals surface area contributed by atoms with Crippen LogP contribution in [0.1, 0.15) is 48.7 Å². The number of hydrogen-bond acceptors (Lipinski definition) is 5. The van der Waals surface area contributed by atoms with Gasteiger partial charge in [-0.15, -0.1) is 11.3 Å². The van der Waals surface area contributed by atoms with E-state index in [9.17, 15) is 4.79 Å². The lowest BCUT2D eigenvalue weighted by Crippen LogP contribution is -2.57. The van der Waals surface area contributed by atoms with Crippen molar-refractivity contribution in [3.05, 3.63) is 35.1 Å². The first-order valence-corrected chi connectivity index (χ1v) is 10.8. The molecule has 1 saturated carbocycles. The highest BCUT2D eigenvalue weighted by molar-refractivity contribution is 7.13. The Balaban J connectivity index is 1.49.